The maximum Gasteiger partial charge on any atom is 0.335 e. The average Bonchev–Trinajstić information content (AvgIpc) is 3.19. The normalized spacial score (nSPS) is 36.1. The lowest BCUT2D eigenvalue weighted by Gasteiger charge is -2.39. The van der Waals surface area contributed by atoms with Crippen LogP contribution in [0.25, 0.3) is 5.57 Å². The Morgan fingerprint density at radius 3 is 2.41 bits per heavy atom. The van der Waals surface area contributed by atoms with Crippen LogP contribution < -0.4 is 0 Å². The first-order valence-electron chi connectivity index (χ1n) is 11.7. The second-order valence-electron chi connectivity index (χ2n) is 10.9. The van der Waals surface area contributed by atoms with Crippen LogP contribution in [-0.4, -0.2) is 54.5 Å². The van der Waals surface area contributed by atoms with Gasteiger partial charge in [0.05, 0.1) is 34.2 Å². The highest BCUT2D eigenvalue weighted by Gasteiger charge is 2.76. The zero-order chi connectivity index (χ0) is 24.8. The van der Waals surface area contributed by atoms with Crippen molar-refractivity contribution >= 4 is 46.5 Å². The number of methoxy groups -OCH3 is 1. The molecule has 0 amide bonds. The van der Waals surface area contributed by atoms with Gasteiger partial charge in [-0.25, -0.2) is 4.79 Å². The van der Waals surface area contributed by atoms with E-state index >= 15 is 0 Å². The molecule has 1 saturated carbocycles. The van der Waals surface area contributed by atoms with Crippen LogP contribution in [0.15, 0.2) is 23.8 Å². The van der Waals surface area contributed by atoms with E-state index < -0.39 is 34.4 Å². The van der Waals surface area contributed by atoms with Gasteiger partial charge in [0.15, 0.2) is 11.4 Å². The van der Waals surface area contributed by atoms with Crippen molar-refractivity contribution in [2.75, 3.05) is 14.2 Å². The fraction of sp³-hybridized carbons (Fsp3) is 0.577. The van der Waals surface area contributed by atoms with Crippen LogP contribution in [0.1, 0.15) is 52.0 Å². The Balaban J connectivity index is 1.62. The minimum atomic E-state index is -1.17. The van der Waals surface area contributed by atoms with E-state index in [1.807, 2.05) is 33.9 Å². The molecule has 8 heteroatoms. The lowest BCUT2D eigenvalue weighted by atomic mass is 9.63. The molecule has 3 heterocycles. The van der Waals surface area contributed by atoms with E-state index in [9.17, 15) is 14.4 Å². The number of likely N-dealkylation sites (N-methyl/N-ethyl adjacent to an activating group) is 1. The number of nitrogens with zero attached hydrogens (tertiary/aromatic N) is 1. The molecule has 1 aromatic carbocycles. The Morgan fingerprint density at radius 1 is 1.15 bits per heavy atom. The summed E-state index contributed by atoms with van der Waals surface area (Å²) in [7, 11) is 3.29. The van der Waals surface area contributed by atoms with Gasteiger partial charge in [0.1, 0.15) is 0 Å². The maximum absolute atomic E-state index is 14.3. The van der Waals surface area contributed by atoms with E-state index in [2.05, 4.69) is 4.90 Å². The summed E-state index contributed by atoms with van der Waals surface area (Å²) in [5.41, 5.74) is -0.405. The van der Waals surface area contributed by atoms with E-state index in [1.165, 1.54) is 7.11 Å². The molecule has 1 aliphatic carbocycles. The van der Waals surface area contributed by atoms with Crippen molar-refractivity contribution in [3.05, 3.63) is 39.4 Å². The molecule has 3 fully saturated rings. The summed E-state index contributed by atoms with van der Waals surface area (Å²) in [6.45, 7) is 5.83. The van der Waals surface area contributed by atoms with Gasteiger partial charge < -0.3 is 9.47 Å². The summed E-state index contributed by atoms with van der Waals surface area (Å²) >= 11 is 12.4. The second-order valence-corrected chi connectivity index (χ2v) is 11.7. The van der Waals surface area contributed by atoms with Gasteiger partial charge in [-0.2, -0.15) is 0 Å². The molecular weight excluding hydrogens is 477 g/mol. The van der Waals surface area contributed by atoms with Crippen molar-refractivity contribution in [3.63, 3.8) is 0 Å². The molecule has 3 aliphatic heterocycles. The third-order valence-electron chi connectivity index (χ3n) is 9.47. The third kappa shape index (κ3) is 2.82. The molecule has 4 aliphatic rings. The number of Topliss-reactive ketones (excluding diaryl/α,β-unsaturated/α-hetero) is 1. The van der Waals surface area contributed by atoms with Crippen LogP contribution in [0, 0.1) is 16.7 Å². The smallest absolute Gasteiger partial charge is 0.335 e. The number of halogens is 2. The molecule has 1 aromatic rings. The summed E-state index contributed by atoms with van der Waals surface area (Å²) in [5, 5.41) is 0.835. The summed E-state index contributed by atoms with van der Waals surface area (Å²) in [6, 6.07) is 4.90. The minimum Gasteiger partial charge on any atom is -0.466 e. The molecule has 0 N–H and O–H groups in total. The van der Waals surface area contributed by atoms with Gasteiger partial charge in [-0.05, 0) is 62.9 Å². The zero-order valence-electron chi connectivity index (χ0n) is 20.0. The molecular formula is C26H29Cl2NO5. The Kier molecular flexibility index (Phi) is 5.29. The Morgan fingerprint density at radius 2 is 1.85 bits per heavy atom. The number of fused-ring (bicyclic) bond motifs is 4. The van der Waals surface area contributed by atoms with Gasteiger partial charge in [-0.15, -0.1) is 0 Å². The molecule has 0 radical (unpaired) electrons. The monoisotopic (exact) mass is 505 g/mol. The van der Waals surface area contributed by atoms with Gasteiger partial charge in [-0.3, -0.25) is 14.5 Å². The minimum absolute atomic E-state index is 0.0567. The summed E-state index contributed by atoms with van der Waals surface area (Å²) in [5.74, 6) is -1.33. The molecule has 182 valence electrons. The fourth-order valence-electron chi connectivity index (χ4n) is 6.90. The lowest BCUT2D eigenvalue weighted by molar-refractivity contribution is -0.169. The van der Waals surface area contributed by atoms with E-state index in [4.69, 9.17) is 32.7 Å². The molecule has 4 bridgehead atoms. The number of rotatable bonds is 4. The number of esters is 2. The molecule has 5 atom stereocenters. The van der Waals surface area contributed by atoms with Crippen molar-refractivity contribution in [1.29, 1.82) is 0 Å². The predicted molar refractivity (Wildman–Crippen MR) is 128 cm³/mol. The predicted octanol–water partition coefficient (Wildman–Crippen LogP) is 4.70. The van der Waals surface area contributed by atoms with E-state index in [-0.39, 0.29) is 17.8 Å². The van der Waals surface area contributed by atoms with E-state index in [1.54, 1.807) is 12.1 Å². The number of carbonyl (C=O) groups is 3. The standard InChI is InChI=1S/C26H29Cl2NO5/c1-24(2)25(3)8-9-26(24,34-23(25)32)21(30)16-12-14-11-15(13-6-7-17(27)18(28)10-13)19(22(31)33-5)20(16)29(14)4/h6-7,10,14,16,20H,8-9,11-12H2,1-5H3/t14?,16-,20-,25?,26?/m1/s1. The van der Waals surface area contributed by atoms with Crippen LogP contribution in [-0.2, 0) is 23.9 Å². The first-order chi connectivity index (χ1) is 15.9. The van der Waals surface area contributed by atoms with Crippen LogP contribution in [0.5, 0.6) is 0 Å². The number of ether oxygens (including phenoxy) is 2. The van der Waals surface area contributed by atoms with Crippen LogP contribution in [0.3, 0.4) is 0 Å². The van der Waals surface area contributed by atoms with Crippen LogP contribution >= 0.6 is 23.2 Å². The molecule has 6 nitrogen and oxygen atoms in total. The number of benzene rings is 1. The van der Waals surface area contributed by atoms with Gasteiger partial charge in [0, 0.05) is 17.4 Å². The summed E-state index contributed by atoms with van der Waals surface area (Å²) in [4.78, 5) is 42.4. The lowest BCUT2D eigenvalue weighted by Crippen LogP contribution is -2.53. The Bertz CT molecular complexity index is 1160. The highest BCUT2D eigenvalue weighted by Crippen LogP contribution is 2.67. The van der Waals surface area contributed by atoms with Crippen molar-refractivity contribution in [3.8, 4) is 0 Å². The average molecular weight is 506 g/mol. The Labute approximate surface area is 209 Å². The second kappa shape index (κ2) is 7.55. The highest BCUT2D eigenvalue weighted by molar-refractivity contribution is 6.42. The van der Waals surface area contributed by atoms with E-state index in [0.29, 0.717) is 41.3 Å². The SMILES string of the molecule is COC(=O)C1=C(c2ccc(Cl)c(Cl)c2)CC2C[C@@H](C(=O)C34CCC(C)(C(=O)O3)C4(C)C)[C@H]1N2C. The number of carbonyl (C=O) groups excluding carboxylic acids is 3. The molecule has 0 spiro atoms. The fourth-order valence-corrected chi connectivity index (χ4v) is 7.20. The molecule has 2 saturated heterocycles. The molecule has 0 aromatic heterocycles. The third-order valence-corrected chi connectivity index (χ3v) is 10.2. The van der Waals surface area contributed by atoms with Gasteiger partial charge in [-0.1, -0.05) is 43.1 Å². The summed E-state index contributed by atoms with van der Waals surface area (Å²) in [6.07, 6.45) is 2.29. The largest absolute Gasteiger partial charge is 0.466 e. The Hall–Kier alpha value is -1.89. The van der Waals surface area contributed by atoms with Crippen LogP contribution in [0.2, 0.25) is 10.0 Å². The van der Waals surface area contributed by atoms with Crippen molar-refractivity contribution < 1.29 is 23.9 Å². The van der Waals surface area contributed by atoms with E-state index in [0.717, 1.165) is 11.1 Å². The highest BCUT2D eigenvalue weighted by atomic mass is 35.5. The van der Waals surface area contributed by atoms with Crippen molar-refractivity contribution in [2.24, 2.45) is 16.7 Å². The molecule has 34 heavy (non-hydrogen) atoms. The molecule has 3 unspecified atom stereocenters. The number of ketones is 1. The number of hydrogen-bond acceptors (Lipinski definition) is 6. The first-order valence-corrected chi connectivity index (χ1v) is 12.4. The van der Waals surface area contributed by atoms with Gasteiger partial charge in [0.2, 0.25) is 0 Å². The van der Waals surface area contributed by atoms with Gasteiger partial charge in [0.25, 0.3) is 0 Å². The molecule has 5 rings (SSSR count). The first kappa shape index (κ1) is 23.8. The topological polar surface area (TPSA) is 72.9 Å². The van der Waals surface area contributed by atoms with Crippen LogP contribution in [0.4, 0.5) is 0 Å². The number of hydrogen-bond donors (Lipinski definition) is 0. The maximum atomic E-state index is 14.3. The summed E-state index contributed by atoms with van der Waals surface area (Å²) < 4.78 is 11.1. The van der Waals surface area contributed by atoms with Gasteiger partial charge >= 0.3 is 11.9 Å². The quantitative estimate of drug-likeness (QED) is 0.552. The zero-order valence-corrected chi connectivity index (χ0v) is 21.5. The van der Waals surface area contributed by atoms with Crippen molar-refractivity contribution in [1.82, 2.24) is 4.90 Å². The van der Waals surface area contributed by atoms with Crippen molar-refractivity contribution in [2.45, 2.75) is 64.1 Å².